The van der Waals surface area contributed by atoms with E-state index in [0.29, 0.717) is 5.92 Å². The van der Waals surface area contributed by atoms with Crippen molar-refractivity contribution < 1.29 is 14.3 Å². The molecule has 126 valence electrons. The SMILES string of the molecule is C[C@H](OC(=O)Cc1ccc(Br)cc1)C(=O)N[C@@H]1CCCC[C@@H]1C. The van der Waals surface area contributed by atoms with Crippen molar-refractivity contribution in [2.45, 2.75) is 58.1 Å². The molecule has 1 aliphatic carbocycles. The van der Waals surface area contributed by atoms with Gasteiger partial charge in [0.2, 0.25) is 0 Å². The van der Waals surface area contributed by atoms with Crippen molar-refractivity contribution in [2.24, 2.45) is 5.92 Å². The summed E-state index contributed by atoms with van der Waals surface area (Å²) in [6, 6.07) is 7.68. The molecule has 0 aliphatic heterocycles. The molecule has 0 spiro atoms. The third kappa shape index (κ3) is 5.65. The summed E-state index contributed by atoms with van der Waals surface area (Å²) in [7, 11) is 0. The fourth-order valence-corrected chi connectivity index (χ4v) is 3.16. The summed E-state index contributed by atoms with van der Waals surface area (Å²) in [5.74, 6) is -0.0991. The maximum absolute atomic E-state index is 12.2. The number of amides is 1. The Morgan fingerprint density at radius 2 is 1.91 bits per heavy atom. The zero-order valence-electron chi connectivity index (χ0n) is 13.7. The topological polar surface area (TPSA) is 55.4 Å². The first-order chi connectivity index (χ1) is 11.0. The second-order valence-electron chi connectivity index (χ2n) is 6.31. The van der Waals surface area contributed by atoms with Crippen molar-refractivity contribution in [3.8, 4) is 0 Å². The highest BCUT2D eigenvalue weighted by molar-refractivity contribution is 9.10. The number of halogens is 1. The molecule has 1 aromatic carbocycles. The molecule has 0 radical (unpaired) electrons. The van der Waals surface area contributed by atoms with Crippen molar-refractivity contribution in [3.63, 3.8) is 0 Å². The average molecular weight is 382 g/mol. The Kier molecular flexibility index (Phi) is 6.63. The normalized spacial score (nSPS) is 22.2. The summed E-state index contributed by atoms with van der Waals surface area (Å²) in [5, 5.41) is 3.02. The predicted molar refractivity (Wildman–Crippen MR) is 93.0 cm³/mol. The number of rotatable bonds is 5. The van der Waals surface area contributed by atoms with Crippen LogP contribution in [0.5, 0.6) is 0 Å². The molecule has 5 heteroatoms. The van der Waals surface area contributed by atoms with Gasteiger partial charge in [0.1, 0.15) is 0 Å². The van der Waals surface area contributed by atoms with Gasteiger partial charge in [0, 0.05) is 10.5 Å². The van der Waals surface area contributed by atoms with Crippen molar-refractivity contribution in [1.82, 2.24) is 5.32 Å². The Balaban J connectivity index is 1.80. The maximum atomic E-state index is 12.2. The third-order valence-electron chi connectivity index (χ3n) is 4.38. The van der Waals surface area contributed by atoms with E-state index >= 15 is 0 Å². The third-order valence-corrected chi connectivity index (χ3v) is 4.91. The lowest BCUT2D eigenvalue weighted by Crippen LogP contribution is -2.46. The minimum atomic E-state index is -0.757. The molecule has 1 N–H and O–H groups in total. The zero-order valence-corrected chi connectivity index (χ0v) is 15.3. The first-order valence-corrected chi connectivity index (χ1v) is 8.99. The second kappa shape index (κ2) is 8.48. The van der Waals surface area contributed by atoms with Gasteiger partial charge in [-0.2, -0.15) is 0 Å². The van der Waals surface area contributed by atoms with Crippen molar-refractivity contribution >= 4 is 27.8 Å². The van der Waals surface area contributed by atoms with E-state index in [1.807, 2.05) is 24.3 Å². The van der Waals surface area contributed by atoms with Crippen LogP contribution in [0.1, 0.15) is 45.1 Å². The van der Waals surface area contributed by atoms with Gasteiger partial charge in [0.15, 0.2) is 6.10 Å². The van der Waals surface area contributed by atoms with Crippen LogP contribution in [0, 0.1) is 5.92 Å². The van der Waals surface area contributed by atoms with E-state index in [1.165, 1.54) is 6.42 Å². The van der Waals surface area contributed by atoms with E-state index < -0.39 is 6.10 Å². The molecular formula is C18H24BrNO3. The quantitative estimate of drug-likeness (QED) is 0.792. The number of nitrogens with one attached hydrogen (secondary N) is 1. The van der Waals surface area contributed by atoms with Gasteiger partial charge >= 0.3 is 5.97 Å². The molecule has 1 amide bonds. The molecule has 0 bridgehead atoms. The molecule has 3 atom stereocenters. The summed E-state index contributed by atoms with van der Waals surface area (Å²) in [6.07, 6.45) is 3.94. The molecule has 1 aromatic rings. The highest BCUT2D eigenvalue weighted by atomic mass is 79.9. The second-order valence-corrected chi connectivity index (χ2v) is 7.23. The molecule has 4 nitrogen and oxygen atoms in total. The standard InChI is InChI=1S/C18H24BrNO3/c1-12-5-3-4-6-16(12)20-18(22)13(2)23-17(21)11-14-7-9-15(19)10-8-14/h7-10,12-13,16H,3-6,11H2,1-2H3,(H,20,22)/t12-,13-,16+/m0/s1. The Hall–Kier alpha value is -1.36. The summed E-state index contributed by atoms with van der Waals surface area (Å²) in [6.45, 7) is 3.79. The van der Waals surface area contributed by atoms with E-state index in [0.717, 1.165) is 29.3 Å². The molecule has 1 fully saturated rings. The van der Waals surface area contributed by atoms with Crippen LogP contribution in [0.15, 0.2) is 28.7 Å². The van der Waals surface area contributed by atoms with E-state index in [2.05, 4.69) is 28.2 Å². The first-order valence-electron chi connectivity index (χ1n) is 8.20. The van der Waals surface area contributed by atoms with Crippen LogP contribution < -0.4 is 5.32 Å². The molecule has 1 aliphatic rings. The Morgan fingerprint density at radius 1 is 1.26 bits per heavy atom. The zero-order chi connectivity index (χ0) is 16.8. The summed E-state index contributed by atoms with van der Waals surface area (Å²) >= 11 is 3.35. The van der Waals surface area contributed by atoms with Gasteiger partial charge in [-0.3, -0.25) is 9.59 Å². The maximum Gasteiger partial charge on any atom is 0.311 e. The van der Waals surface area contributed by atoms with Crippen molar-refractivity contribution in [3.05, 3.63) is 34.3 Å². The van der Waals surface area contributed by atoms with Crippen LogP contribution in [0.25, 0.3) is 0 Å². The largest absolute Gasteiger partial charge is 0.452 e. The van der Waals surface area contributed by atoms with Crippen LogP contribution in [0.3, 0.4) is 0 Å². The van der Waals surface area contributed by atoms with E-state index in [4.69, 9.17) is 4.74 Å². The monoisotopic (exact) mass is 381 g/mol. The minimum Gasteiger partial charge on any atom is -0.452 e. The number of hydrogen-bond donors (Lipinski definition) is 1. The minimum absolute atomic E-state index is 0.171. The lowest BCUT2D eigenvalue weighted by atomic mass is 9.86. The summed E-state index contributed by atoms with van der Waals surface area (Å²) in [4.78, 5) is 24.1. The van der Waals surface area contributed by atoms with Crippen molar-refractivity contribution in [2.75, 3.05) is 0 Å². The van der Waals surface area contributed by atoms with Gasteiger partial charge < -0.3 is 10.1 Å². The summed E-state index contributed by atoms with van der Waals surface area (Å²) < 4.78 is 6.22. The number of esters is 1. The summed E-state index contributed by atoms with van der Waals surface area (Å²) in [5.41, 5.74) is 0.867. The molecule has 23 heavy (non-hydrogen) atoms. The van der Waals surface area contributed by atoms with Gasteiger partial charge in [-0.25, -0.2) is 0 Å². The Bertz CT molecular complexity index is 544. The smallest absolute Gasteiger partial charge is 0.311 e. The van der Waals surface area contributed by atoms with Gasteiger partial charge in [0.25, 0.3) is 5.91 Å². The molecule has 0 aromatic heterocycles. The first kappa shape index (κ1) is 18.0. The fourth-order valence-electron chi connectivity index (χ4n) is 2.89. The predicted octanol–water partition coefficient (Wildman–Crippen LogP) is 3.62. The molecule has 0 unspecified atom stereocenters. The van der Waals surface area contributed by atoms with Crippen LogP contribution in [0.2, 0.25) is 0 Å². The van der Waals surface area contributed by atoms with Crippen LogP contribution >= 0.6 is 15.9 Å². The van der Waals surface area contributed by atoms with E-state index in [9.17, 15) is 9.59 Å². The number of carbonyl (C=O) groups is 2. The Labute approximate surface area is 146 Å². The van der Waals surface area contributed by atoms with Gasteiger partial charge in [0.05, 0.1) is 6.42 Å². The lowest BCUT2D eigenvalue weighted by molar-refractivity contribution is -0.154. The molecular weight excluding hydrogens is 358 g/mol. The number of hydrogen-bond acceptors (Lipinski definition) is 3. The van der Waals surface area contributed by atoms with E-state index in [1.54, 1.807) is 6.92 Å². The van der Waals surface area contributed by atoms with Gasteiger partial charge in [-0.1, -0.05) is 47.8 Å². The number of benzene rings is 1. The van der Waals surface area contributed by atoms with Crippen LogP contribution in [-0.2, 0) is 20.7 Å². The number of ether oxygens (including phenoxy) is 1. The highest BCUT2D eigenvalue weighted by Crippen LogP contribution is 2.23. The average Bonchev–Trinajstić information content (AvgIpc) is 2.51. The lowest BCUT2D eigenvalue weighted by Gasteiger charge is -2.30. The van der Waals surface area contributed by atoms with Crippen LogP contribution in [-0.4, -0.2) is 24.0 Å². The molecule has 2 rings (SSSR count). The number of carbonyl (C=O) groups excluding carboxylic acids is 2. The van der Waals surface area contributed by atoms with Crippen LogP contribution in [0.4, 0.5) is 0 Å². The van der Waals surface area contributed by atoms with Gasteiger partial charge in [-0.15, -0.1) is 0 Å². The highest BCUT2D eigenvalue weighted by Gasteiger charge is 2.26. The molecule has 0 heterocycles. The van der Waals surface area contributed by atoms with Crippen molar-refractivity contribution in [1.29, 1.82) is 0 Å². The molecule has 1 saturated carbocycles. The Morgan fingerprint density at radius 3 is 2.57 bits per heavy atom. The molecule has 0 saturated heterocycles. The van der Waals surface area contributed by atoms with Gasteiger partial charge in [-0.05, 0) is 43.4 Å². The fraction of sp³-hybridized carbons (Fsp3) is 0.556. The van der Waals surface area contributed by atoms with E-state index in [-0.39, 0.29) is 24.3 Å².